The van der Waals surface area contributed by atoms with Crippen molar-refractivity contribution < 1.29 is 5.21 Å². The molecule has 0 amide bonds. The second-order valence-corrected chi connectivity index (χ2v) is 5.94. The van der Waals surface area contributed by atoms with Crippen LogP contribution in [-0.4, -0.2) is 28.5 Å². The van der Waals surface area contributed by atoms with E-state index in [1.165, 1.54) is 18.4 Å². The molecule has 110 valence electrons. The van der Waals surface area contributed by atoms with Crippen LogP contribution in [0, 0.1) is 5.92 Å². The lowest BCUT2D eigenvalue weighted by molar-refractivity contribution is 0.0836. The molecule has 0 radical (unpaired) electrons. The minimum absolute atomic E-state index is 0.189. The lowest BCUT2D eigenvalue weighted by atomic mass is 9.89. The quantitative estimate of drug-likeness (QED) is 0.384. The fourth-order valence-corrected chi connectivity index (χ4v) is 3.23. The number of oxime groups is 1. The number of likely N-dealkylation sites (tertiary alicyclic amines) is 1. The summed E-state index contributed by atoms with van der Waals surface area (Å²) in [5.74, 6) is 1.08. The van der Waals surface area contributed by atoms with Crippen LogP contribution in [0.25, 0.3) is 0 Å². The van der Waals surface area contributed by atoms with Gasteiger partial charge < -0.3 is 10.9 Å². The molecule has 1 heterocycles. The normalized spacial score (nSPS) is 26.4. The van der Waals surface area contributed by atoms with E-state index in [2.05, 4.69) is 36.0 Å². The molecular formula is C16H25N3O. The van der Waals surface area contributed by atoms with Crippen LogP contribution in [0.15, 0.2) is 35.5 Å². The molecule has 4 heteroatoms. The highest BCUT2D eigenvalue weighted by atomic mass is 16.4. The van der Waals surface area contributed by atoms with E-state index >= 15 is 0 Å². The number of nitrogens with two attached hydrogens (primary N) is 1. The van der Waals surface area contributed by atoms with Gasteiger partial charge in [0.1, 0.15) is 5.84 Å². The van der Waals surface area contributed by atoms with Crippen LogP contribution >= 0.6 is 0 Å². The first-order valence-electron chi connectivity index (χ1n) is 7.39. The van der Waals surface area contributed by atoms with Crippen molar-refractivity contribution in [3.05, 3.63) is 35.9 Å². The summed E-state index contributed by atoms with van der Waals surface area (Å²) in [5.41, 5.74) is 7.00. The summed E-state index contributed by atoms with van der Waals surface area (Å²) in [6.07, 6.45) is 2.99. The highest BCUT2D eigenvalue weighted by molar-refractivity contribution is 5.80. The largest absolute Gasteiger partial charge is 0.409 e. The third-order valence-electron chi connectivity index (χ3n) is 4.31. The molecule has 1 aromatic carbocycles. The van der Waals surface area contributed by atoms with E-state index < -0.39 is 0 Å². The van der Waals surface area contributed by atoms with Crippen molar-refractivity contribution in [1.82, 2.24) is 4.90 Å². The predicted molar refractivity (Wildman–Crippen MR) is 81.8 cm³/mol. The van der Waals surface area contributed by atoms with Gasteiger partial charge in [0, 0.05) is 18.5 Å². The Kier molecular flexibility index (Phi) is 5.01. The summed E-state index contributed by atoms with van der Waals surface area (Å²) in [4.78, 5) is 2.49. The molecule has 0 aromatic heterocycles. The monoisotopic (exact) mass is 275 g/mol. The number of hydrogen-bond acceptors (Lipinski definition) is 3. The first-order valence-corrected chi connectivity index (χ1v) is 7.39. The van der Waals surface area contributed by atoms with Gasteiger partial charge in [0.25, 0.3) is 0 Å². The van der Waals surface area contributed by atoms with Gasteiger partial charge in [-0.15, -0.1) is 0 Å². The lowest BCUT2D eigenvalue weighted by Crippen LogP contribution is -2.43. The third-order valence-corrected chi connectivity index (χ3v) is 4.31. The summed E-state index contributed by atoms with van der Waals surface area (Å²) >= 11 is 0. The van der Waals surface area contributed by atoms with Gasteiger partial charge >= 0.3 is 0 Å². The van der Waals surface area contributed by atoms with Crippen LogP contribution in [0.5, 0.6) is 0 Å². The van der Waals surface area contributed by atoms with E-state index in [-0.39, 0.29) is 6.04 Å². The van der Waals surface area contributed by atoms with E-state index in [9.17, 15) is 0 Å². The fraction of sp³-hybridized carbons (Fsp3) is 0.562. The minimum atomic E-state index is 0.189. The van der Waals surface area contributed by atoms with E-state index in [4.69, 9.17) is 10.9 Å². The van der Waals surface area contributed by atoms with Crippen LogP contribution < -0.4 is 5.73 Å². The number of benzene rings is 1. The molecule has 3 N–H and O–H groups in total. The van der Waals surface area contributed by atoms with E-state index in [0.29, 0.717) is 18.3 Å². The molecule has 0 aliphatic carbocycles. The molecule has 3 atom stereocenters. The second-order valence-electron chi connectivity index (χ2n) is 5.94. The summed E-state index contributed by atoms with van der Waals surface area (Å²) in [7, 11) is 0. The van der Waals surface area contributed by atoms with Gasteiger partial charge in [-0.3, -0.25) is 4.90 Å². The van der Waals surface area contributed by atoms with Crippen molar-refractivity contribution in [1.29, 1.82) is 0 Å². The van der Waals surface area contributed by atoms with Gasteiger partial charge in [-0.1, -0.05) is 42.4 Å². The van der Waals surface area contributed by atoms with Crippen LogP contribution in [0.4, 0.5) is 0 Å². The molecule has 3 unspecified atom stereocenters. The summed E-state index contributed by atoms with van der Waals surface area (Å²) < 4.78 is 0. The maximum Gasteiger partial charge on any atom is 0.141 e. The Morgan fingerprint density at radius 1 is 1.40 bits per heavy atom. The zero-order chi connectivity index (χ0) is 14.5. The first-order chi connectivity index (χ1) is 9.61. The van der Waals surface area contributed by atoms with Gasteiger partial charge in [0.2, 0.25) is 0 Å². The molecule has 2 rings (SSSR count). The number of nitrogens with zero attached hydrogens (tertiary/aromatic N) is 2. The van der Waals surface area contributed by atoms with Crippen molar-refractivity contribution in [2.75, 3.05) is 6.54 Å². The molecule has 4 nitrogen and oxygen atoms in total. The molecule has 1 saturated heterocycles. The topological polar surface area (TPSA) is 61.8 Å². The van der Waals surface area contributed by atoms with Gasteiger partial charge in [0.15, 0.2) is 0 Å². The van der Waals surface area contributed by atoms with Crippen LogP contribution in [0.3, 0.4) is 0 Å². The molecular weight excluding hydrogens is 250 g/mol. The zero-order valence-corrected chi connectivity index (χ0v) is 12.4. The lowest BCUT2D eigenvalue weighted by Gasteiger charge is -2.42. The molecule has 0 saturated carbocycles. The SMILES string of the molecule is CC1CCN(C(CC(N)=NO)c2ccccc2)C(C)C1. The smallest absolute Gasteiger partial charge is 0.141 e. The van der Waals surface area contributed by atoms with Gasteiger partial charge in [-0.25, -0.2) is 0 Å². The highest BCUT2D eigenvalue weighted by Gasteiger charge is 2.30. The maximum atomic E-state index is 8.88. The van der Waals surface area contributed by atoms with Crippen molar-refractivity contribution in [2.24, 2.45) is 16.8 Å². The summed E-state index contributed by atoms with van der Waals surface area (Å²) in [6.45, 7) is 5.66. The predicted octanol–water partition coefficient (Wildman–Crippen LogP) is 2.98. The molecule has 1 aliphatic rings. The maximum absolute atomic E-state index is 8.88. The van der Waals surface area contributed by atoms with Crippen molar-refractivity contribution in [3.8, 4) is 0 Å². The summed E-state index contributed by atoms with van der Waals surface area (Å²) in [6, 6.07) is 11.1. The molecule has 1 fully saturated rings. The fourth-order valence-electron chi connectivity index (χ4n) is 3.23. The van der Waals surface area contributed by atoms with E-state index in [0.717, 1.165) is 12.5 Å². The molecule has 1 aromatic rings. The number of amidine groups is 1. The molecule has 1 aliphatic heterocycles. The Morgan fingerprint density at radius 3 is 2.70 bits per heavy atom. The van der Waals surface area contributed by atoms with Crippen LogP contribution in [-0.2, 0) is 0 Å². The zero-order valence-electron chi connectivity index (χ0n) is 12.4. The van der Waals surface area contributed by atoms with E-state index in [1.54, 1.807) is 0 Å². The average molecular weight is 275 g/mol. The highest BCUT2D eigenvalue weighted by Crippen LogP contribution is 2.32. The standard InChI is InChI=1S/C16H25N3O/c1-12-8-9-19(13(2)10-12)15(11-16(17)18-20)14-6-4-3-5-7-14/h3-7,12-13,15,20H,8-11H2,1-2H3,(H2,17,18). The van der Waals surface area contributed by atoms with Crippen LogP contribution in [0.1, 0.15) is 44.7 Å². The molecule has 0 bridgehead atoms. The Hall–Kier alpha value is -1.55. The Bertz CT molecular complexity index is 446. The van der Waals surface area contributed by atoms with Crippen molar-refractivity contribution in [2.45, 2.75) is 45.2 Å². The van der Waals surface area contributed by atoms with Gasteiger partial charge in [-0.05, 0) is 37.8 Å². The minimum Gasteiger partial charge on any atom is -0.409 e. The number of rotatable bonds is 4. The summed E-state index contributed by atoms with van der Waals surface area (Å²) in [5, 5.41) is 12.0. The number of hydrogen-bond donors (Lipinski definition) is 2. The molecule has 20 heavy (non-hydrogen) atoms. The second kappa shape index (κ2) is 6.75. The van der Waals surface area contributed by atoms with E-state index in [1.807, 2.05) is 18.2 Å². The Morgan fingerprint density at radius 2 is 2.10 bits per heavy atom. The Labute approximate surface area is 121 Å². The van der Waals surface area contributed by atoms with Crippen LogP contribution in [0.2, 0.25) is 0 Å². The van der Waals surface area contributed by atoms with Gasteiger partial charge in [0.05, 0.1) is 0 Å². The van der Waals surface area contributed by atoms with Crippen molar-refractivity contribution in [3.63, 3.8) is 0 Å². The third kappa shape index (κ3) is 3.51. The Balaban J connectivity index is 2.22. The average Bonchev–Trinajstić information content (AvgIpc) is 2.46. The van der Waals surface area contributed by atoms with Crippen molar-refractivity contribution >= 4 is 5.84 Å². The first kappa shape index (κ1) is 14.9. The molecule has 0 spiro atoms. The number of piperidine rings is 1. The van der Waals surface area contributed by atoms with Gasteiger partial charge in [-0.2, -0.15) is 0 Å².